The SMILES string of the molecule is CCN(CC=O)CCN1CCN(C)CC(=O)OCOC(=O)C1. The summed E-state index contributed by atoms with van der Waals surface area (Å²) in [6.07, 6.45) is 0.876. The molecule has 1 aliphatic rings. The molecule has 1 saturated heterocycles. The van der Waals surface area contributed by atoms with E-state index in [0.717, 1.165) is 12.8 Å². The van der Waals surface area contributed by atoms with Crippen LogP contribution in [0.25, 0.3) is 0 Å². The van der Waals surface area contributed by atoms with E-state index in [1.165, 1.54) is 0 Å². The molecule has 22 heavy (non-hydrogen) atoms. The minimum atomic E-state index is -0.421. The van der Waals surface area contributed by atoms with Crippen molar-refractivity contribution in [2.75, 3.05) is 66.2 Å². The van der Waals surface area contributed by atoms with Gasteiger partial charge >= 0.3 is 11.9 Å². The van der Waals surface area contributed by atoms with Crippen LogP contribution < -0.4 is 0 Å². The Morgan fingerprint density at radius 1 is 1.18 bits per heavy atom. The Bertz CT molecular complexity index is 377. The molecule has 0 unspecified atom stereocenters. The van der Waals surface area contributed by atoms with E-state index in [2.05, 4.69) is 0 Å². The van der Waals surface area contributed by atoms with Gasteiger partial charge in [-0.15, -0.1) is 0 Å². The lowest BCUT2D eigenvalue weighted by Gasteiger charge is -2.26. The second-order valence-electron chi connectivity index (χ2n) is 5.22. The van der Waals surface area contributed by atoms with E-state index in [-0.39, 0.29) is 19.9 Å². The molecule has 1 rings (SSSR count). The Labute approximate surface area is 130 Å². The predicted molar refractivity (Wildman–Crippen MR) is 79.2 cm³/mol. The lowest BCUT2D eigenvalue weighted by molar-refractivity contribution is -0.167. The van der Waals surface area contributed by atoms with E-state index in [0.29, 0.717) is 32.7 Å². The number of carbonyl (C=O) groups excluding carboxylic acids is 3. The number of aldehydes is 1. The first kappa shape index (κ1) is 18.5. The first-order valence-electron chi connectivity index (χ1n) is 7.43. The normalized spacial score (nSPS) is 19.4. The molecule has 8 nitrogen and oxygen atoms in total. The van der Waals surface area contributed by atoms with E-state index in [1.807, 2.05) is 28.7 Å². The second-order valence-corrected chi connectivity index (χ2v) is 5.22. The molecular formula is C14H25N3O5. The number of carbonyl (C=O) groups is 3. The molecule has 0 aromatic carbocycles. The maximum Gasteiger partial charge on any atom is 0.323 e. The average Bonchev–Trinajstić information content (AvgIpc) is 2.50. The second kappa shape index (κ2) is 10.3. The van der Waals surface area contributed by atoms with Gasteiger partial charge in [-0.2, -0.15) is 0 Å². The van der Waals surface area contributed by atoms with Crippen LogP contribution in [0.2, 0.25) is 0 Å². The van der Waals surface area contributed by atoms with Crippen LogP contribution in [0.3, 0.4) is 0 Å². The van der Waals surface area contributed by atoms with E-state index < -0.39 is 11.9 Å². The summed E-state index contributed by atoms with van der Waals surface area (Å²) in [5, 5.41) is 0. The van der Waals surface area contributed by atoms with E-state index in [9.17, 15) is 14.4 Å². The molecule has 0 aromatic heterocycles. The van der Waals surface area contributed by atoms with Crippen molar-refractivity contribution in [1.82, 2.24) is 14.7 Å². The molecule has 126 valence electrons. The van der Waals surface area contributed by atoms with Crippen LogP contribution in [0.4, 0.5) is 0 Å². The van der Waals surface area contributed by atoms with Gasteiger partial charge in [0.05, 0.1) is 19.6 Å². The highest BCUT2D eigenvalue weighted by Crippen LogP contribution is 1.98. The Morgan fingerprint density at radius 2 is 1.86 bits per heavy atom. The Kier molecular flexibility index (Phi) is 8.64. The van der Waals surface area contributed by atoms with Crippen LogP contribution in [-0.4, -0.2) is 99.1 Å². The molecule has 0 saturated carbocycles. The van der Waals surface area contributed by atoms with Crippen molar-refractivity contribution in [3.63, 3.8) is 0 Å². The van der Waals surface area contributed by atoms with Crippen molar-refractivity contribution in [3.8, 4) is 0 Å². The van der Waals surface area contributed by atoms with Crippen LogP contribution in [0, 0.1) is 0 Å². The molecule has 0 N–H and O–H groups in total. The van der Waals surface area contributed by atoms with Gasteiger partial charge in [-0.05, 0) is 13.6 Å². The Morgan fingerprint density at radius 3 is 2.50 bits per heavy atom. The average molecular weight is 315 g/mol. The first-order valence-corrected chi connectivity index (χ1v) is 7.43. The van der Waals surface area contributed by atoms with E-state index >= 15 is 0 Å². The fourth-order valence-electron chi connectivity index (χ4n) is 2.08. The molecule has 1 fully saturated rings. The zero-order chi connectivity index (χ0) is 16.4. The van der Waals surface area contributed by atoms with Crippen LogP contribution in [0.5, 0.6) is 0 Å². The lowest BCUT2D eigenvalue weighted by atomic mass is 10.4. The smallest absolute Gasteiger partial charge is 0.323 e. The number of hydrogen-bond donors (Lipinski definition) is 0. The van der Waals surface area contributed by atoms with Gasteiger partial charge < -0.3 is 14.3 Å². The molecule has 0 radical (unpaired) electrons. The quantitative estimate of drug-likeness (QED) is 0.447. The molecular weight excluding hydrogens is 290 g/mol. The zero-order valence-corrected chi connectivity index (χ0v) is 13.3. The van der Waals surface area contributed by atoms with E-state index in [1.54, 1.807) is 0 Å². The number of rotatable bonds is 6. The van der Waals surface area contributed by atoms with Crippen LogP contribution in [0.15, 0.2) is 0 Å². The fraction of sp³-hybridized carbons (Fsp3) is 0.786. The number of cyclic esters (lactones) is 2. The van der Waals surface area contributed by atoms with Crippen molar-refractivity contribution in [1.29, 1.82) is 0 Å². The third-order valence-corrected chi connectivity index (χ3v) is 3.50. The number of esters is 2. The predicted octanol–water partition coefficient (Wildman–Crippen LogP) is -1.20. The molecule has 8 heteroatoms. The first-order chi connectivity index (χ1) is 10.5. The number of ether oxygens (including phenoxy) is 2. The molecule has 1 heterocycles. The maximum atomic E-state index is 11.7. The van der Waals surface area contributed by atoms with Crippen molar-refractivity contribution >= 4 is 18.2 Å². The molecule has 0 aromatic rings. The van der Waals surface area contributed by atoms with E-state index in [4.69, 9.17) is 9.47 Å². The molecule has 1 aliphatic heterocycles. The van der Waals surface area contributed by atoms with Gasteiger partial charge in [-0.25, -0.2) is 0 Å². The summed E-state index contributed by atoms with van der Waals surface area (Å²) in [5.41, 5.74) is 0. The van der Waals surface area contributed by atoms with Gasteiger partial charge in [-0.3, -0.25) is 24.3 Å². The summed E-state index contributed by atoms with van der Waals surface area (Å²) in [6, 6.07) is 0. The van der Waals surface area contributed by atoms with Crippen molar-refractivity contribution in [3.05, 3.63) is 0 Å². The van der Waals surface area contributed by atoms with Gasteiger partial charge in [0, 0.05) is 26.2 Å². The Balaban J connectivity index is 2.55. The summed E-state index contributed by atoms with van der Waals surface area (Å²) in [4.78, 5) is 39.5. The number of nitrogens with zero attached hydrogens (tertiary/aromatic N) is 3. The van der Waals surface area contributed by atoms with Gasteiger partial charge in [0.15, 0.2) is 0 Å². The van der Waals surface area contributed by atoms with Gasteiger partial charge in [-0.1, -0.05) is 6.92 Å². The zero-order valence-electron chi connectivity index (χ0n) is 13.3. The van der Waals surface area contributed by atoms with Gasteiger partial charge in [0.2, 0.25) is 6.79 Å². The number of hydrogen-bond acceptors (Lipinski definition) is 8. The van der Waals surface area contributed by atoms with Crippen molar-refractivity contribution < 1.29 is 23.9 Å². The summed E-state index contributed by atoms with van der Waals surface area (Å²) in [7, 11) is 1.82. The monoisotopic (exact) mass is 315 g/mol. The molecule has 0 atom stereocenters. The topological polar surface area (TPSA) is 79.4 Å². The third-order valence-electron chi connectivity index (χ3n) is 3.50. The fourth-order valence-corrected chi connectivity index (χ4v) is 2.08. The van der Waals surface area contributed by atoms with Crippen molar-refractivity contribution in [2.45, 2.75) is 6.92 Å². The summed E-state index contributed by atoms with van der Waals surface area (Å²) in [6.45, 7) is 5.74. The third kappa shape index (κ3) is 7.48. The molecule has 0 amide bonds. The lowest BCUT2D eigenvalue weighted by Crippen LogP contribution is -2.42. The summed E-state index contributed by atoms with van der Waals surface area (Å²) in [5.74, 6) is -0.831. The van der Waals surface area contributed by atoms with Gasteiger partial charge in [0.1, 0.15) is 6.29 Å². The van der Waals surface area contributed by atoms with Crippen molar-refractivity contribution in [2.24, 2.45) is 0 Å². The maximum absolute atomic E-state index is 11.7. The van der Waals surface area contributed by atoms with Crippen LogP contribution in [-0.2, 0) is 23.9 Å². The highest BCUT2D eigenvalue weighted by atomic mass is 16.7. The minimum Gasteiger partial charge on any atom is -0.427 e. The summed E-state index contributed by atoms with van der Waals surface area (Å²) >= 11 is 0. The molecule has 0 spiro atoms. The van der Waals surface area contributed by atoms with Crippen LogP contribution in [0.1, 0.15) is 6.92 Å². The molecule has 0 bridgehead atoms. The standard InChI is InChI=1S/C14H25N3O5/c1-3-16(8-9-18)6-7-17-5-4-15(2)10-13(19)21-12-22-14(20)11-17/h9H,3-8,10-12H2,1-2H3. The molecule has 0 aliphatic carbocycles. The minimum absolute atomic E-state index is 0.143. The highest BCUT2D eigenvalue weighted by Gasteiger charge is 2.17. The number of likely N-dealkylation sites (N-methyl/N-ethyl adjacent to an activating group) is 2. The summed E-state index contributed by atoms with van der Waals surface area (Å²) < 4.78 is 9.69. The highest BCUT2D eigenvalue weighted by molar-refractivity contribution is 5.73. The largest absolute Gasteiger partial charge is 0.427 e. The van der Waals surface area contributed by atoms with Gasteiger partial charge in [0.25, 0.3) is 0 Å². The Hall–Kier alpha value is -1.51. The van der Waals surface area contributed by atoms with Crippen LogP contribution >= 0.6 is 0 Å².